The molecular formula is C18H22N4O2S. The van der Waals surface area contributed by atoms with Crippen LogP contribution in [0.25, 0.3) is 0 Å². The van der Waals surface area contributed by atoms with Gasteiger partial charge in [0.25, 0.3) is 5.91 Å². The topological polar surface area (TPSA) is 69.6 Å². The van der Waals surface area contributed by atoms with E-state index in [2.05, 4.69) is 14.9 Å². The lowest BCUT2D eigenvalue weighted by Gasteiger charge is -2.21. The van der Waals surface area contributed by atoms with Crippen molar-refractivity contribution in [2.75, 3.05) is 37.7 Å². The summed E-state index contributed by atoms with van der Waals surface area (Å²) in [6.07, 6.45) is 4.18. The molecule has 2 aromatic heterocycles. The van der Waals surface area contributed by atoms with Gasteiger partial charge in [-0.1, -0.05) is 0 Å². The summed E-state index contributed by atoms with van der Waals surface area (Å²) in [6.45, 7) is 3.38. The second-order valence-corrected chi connectivity index (χ2v) is 7.49. The molecule has 7 heteroatoms. The minimum atomic E-state index is 0.102. The summed E-state index contributed by atoms with van der Waals surface area (Å²) in [5.74, 6) is 1.42. The first kappa shape index (κ1) is 16.5. The number of carbonyl (C=O) groups excluding carboxylic acids is 1. The standard InChI is InChI=1S/C18H22N4O2S/c23-10-13-1-5-22(9-13)17-15-2-6-21(7-3-16(15)19-12-20-17)18(24)14-4-8-25-11-14/h4,8,11-13,23H,1-3,5-7,9-10H2/t13-/m0/s1. The lowest BCUT2D eigenvalue weighted by Crippen LogP contribution is -2.33. The zero-order valence-electron chi connectivity index (χ0n) is 14.1. The first-order valence-electron chi connectivity index (χ1n) is 8.76. The van der Waals surface area contributed by atoms with E-state index in [1.807, 2.05) is 21.7 Å². The van der Waals surface area contributed by atoms with E-state index in [0.717, 1.165) is 49.4 Å². The summed E-state index contributed by atoms with van der Waals surface area (Å²) < 4.78 is 0. The van der Waals surface area contributed by atoms with E-state index >= 15 is 0 Å². The summed E-state index contributed by atoms with van der Waals surface area (Å²) in [5, 5.41) is 13.2. The monoisotopic (exact) mass is 358 g/mol. The van der Waals surface area contributed by atoms with Crippen molar-refractivity contribution in [3.8, 4) is 0 Å². The van der Waals surface area contributed by atoms with Gasteiger partial charge >= 0.3 is 0 Å². The number of hydrogen-bond acceptors (Lipinski definition) is 6. The number of aliphatic hydroxyl groups is 1. The maximum absolute atomic E-state index is 12.6. The smallest absolute Gasteiger partial charge is 0.254 e. The number of hydrogen-bond donors (Lipinski definition) is 1. The van der Waals surface area contributed by atoms with E-state index in [9.17, 15) is 9.90 Å². The van der Waals surface area contributed by atoms with Crippen molar-refractivity contribution in [1.82, 2.24) is 14.9 Å². The number of amides is 1. The predicted molar refractivity (Wildman–Crippen MR) is 97.1 cm³/mol. The Hall–Kier alpha value is -1.99. The Balaban J connectivity index is 1.54. The van der Waals surface area contributed by atoms with E-state index in [1.54, 1.807) is 17.7 Å². The molecule has 2 aromatic rings. The van der Waals surface area contributed by atoms with Gasteiger partial charge in [-0.2, -0.15) is 11.3 Å². The van der Waals surface area contributed by atoms with Gasteiger partial charge in [0.15, 0.2) is 0 Å². The Morgan fingerprint density at radius 3 is 2.92 bits per heavy atom. The molecule has 2 aliphatic heterocycles. The van der Waals surface area contributed by atoms with Gasteiger partial charge in [-0.3, -0.25) is 4.79 Å². The van der Waals surface area contributed by atoms with Gasteiger partial charge in [0.1, 0.15) is 12.1 Å². The number of carbonyl (C=O) groups is 1. The van der Waals surface area contributed by atoms with Crippen LogP contribution in [0.3, 0.4) is 0 Å². The van der Waals surface area contributed by atoms with E-state index in [4.69, 9.17) is 0 Å². The van der Waals surface area contributed by atoms with Crippen LogP contribution in [0.2, 0.25) is 0 Å². The van der Waals surface area contributed by atoms with Crippen molar-refractivity contribution in [2.45, 2.75) is 19.3 Å². The molecule has 0 aliphatic carbocycles. The molecular weight excluding hydrogens is 336 g/mol. The maximum Gasteiger partial charge on any atom is 0.254 e. The van der Waals surface area contributed by atoms with Gasteiger partial charge in [0.05, 0.1) is 11.3 Å². The van der Waals surface area contributed by atoms with Crippen LogP contribution in [-0.2, 0) is 12.8 Å². The summed E-state index contributed by atoms with van der Waals surface area (Å²) in [5.41, 5.74) is 2.99. The second-order valence-electron chi connectivity index (χ2n) is 6.71. The van der Waals surface area contributed by atoms with Crippen molar-refractivity contribution in [3.63, 3.8) is 0 Å². The summed E-state index contributed by atoms with van der Waals surface area (Å²) >= 11 is 1.55. The third-order valence-electron chi connectivity index (χ3n) is 5.16. The molecule has 2 aliphatic rings. The number of anilines is 1. The molecule has 1 N–H and O–H groups in total. The second kappa shape index (κ2) is 7.09. The Morgan fingerprint density at radius 2 is 2.16 bits per heavy atom. The molecule has 6 nitrogen and oxygen atoms in total. The molecule has 0 aromatic carbocycles. The number of thiophene rings is 1. The van der Waals surface area contributed by atoms with Crippen LogP contribution in [0.5, 0.6) is 0 Å². The molecule has 1 saturated heterocycles. The first-order valence-corrected chi connectivity index (χ1v) is 9.70. The van der Waals surface area contributed by atoms with E-state index in [0.29, 0.717) is 19.0 Å². The SMILES string of the molecule is O=C(c1ccsc1)N1CCc2ncnc(N3CC[C@H](CO)C3)c2CC1. The summed E-state index contributed by atoms with van der Waals surface area (Å²) in [4.78, 5) is 25.9. The lowest BCUT2D eigenvalue weighted by atomic mass is 10.1. The number of rotatable bonds is 3. The maximum atomic E-state index is 12.6. The fourth-order valence-corrected chi connectivity index (χ4v) is 4.36. The Labute approximate surface area is 151 Å². The fraction of sp³-hybridized carbons (Fsp3) is 0.500. The molecule has 1 amide bonds. The van der Waals surface area contributed by atoms with E-state index in [1.165, 1.54) is 5.56 Å². The molecule has 0 saturated carbocycles. The van der Waals surface area contributed by atoms with E-state index < -0.39 is 0 Å². The number of aliphatic hydroxyl groups excluding tert-OH is 1. The molecule has 0 unspecified atom stereocenters. The van der Waals surface area contributed by atoms with Gasteiger partial charge in [-0.15, -0.1) is 0 Å². The molecule has 1 fully saturated rings. The highest BCUT2D eigenvalue weighted by Gasteiger charge is 2.28. The molecule has 0 bridgehead atoms. The Morgan fingerprint density at radius 1 is 1.28 bits per heavy atom. The van der Waals surface area contributed by atoms with Crippen molar-refractivity contribution >= 4 is 23.1 Å². The van der Waals surface area contributed by atoms with Crippen molar-refractivity contribution in [1.29, 1.82) is 0 Å². The average Bonchev–Trinajstić information content (AvgIpc) is 3.29. The molecule has 0 spiro atoms. The molecule has 0 radical (unpaired) electrons. The number of nitrogens with zero attached hydrogens (tertiary/aromatic N) is 4. The van der Waals surface area contributed by atoms with Gasteiger partial charge in [-0.25, -0.2) is 9.97 Å². The highest BCUT2D eigenvalue weighted by molar-refractivity contribution is 7.08. The third-order valence-corrected chi connectivity index (χ3v) is 5.84. The van der Waals surface area contributed by atoms with E-state index in [-0.39, 0.29) is 12.5 Å². The average molecular weight is 358 g/mol. The quantitative estimate of drug-likeness (QED) is 0.902. The Bertz CT molecular complexity index is 750. The largest absolute Gasteiger partial charge is 0.396 e. The van der Waals surface area contributed by atoms with Crippen molar-refractivity contribution in [2.24, 2.45) is 5.92 Å². The summed E-state index contributed by atoms with van der Waals surface area (Å²) in [7, 11) is 0. The lowest BCUT2D eigenvalue weighted by molar-refractivity contribution is 0.0763. The van der Waals surface area contributed by atoms with Crippen LogP contribution in [0.15, 0.2) is 23.2 Å². The van der Waals surface area contributed by atoms with Crippen LogP contribution >= 0.6 is 11.3 Å². The van der Waals surface area contributed by atoms with Crippen LogP contribution < -0.4 is 4.90 Å². The molecule has 25 heavy (non-hydrogen) atoms. The summed E-state index contributed by atoms with van der Waals surface area (Å²) in [6, 6.07) is 1.88. The molecule has 4 heterocycles. The van der Waals surface area contributed by atoms with Crippen molar-refractivity contribution in [3.05, 3.63) is 40.0 Å². The predicted octanol–water partition coefficient (Wildman–Crippen LogP) is 1.60. The zero-order chi connectivity index (χ0) is 17.2. The number of fused-ring (bicyclic) bond motifs is 1. The molecule has 4 rings (SSSR count). The van der Waals surface area contributed by atoms with Gasteiger partial charge < -0.3 is 14.9 Å². The fourth-order valence-electron chi connectivity index (χ4n) is 3.73. The van der Waals surface area contributed by atoms with Crippen LogP contribution in [0, 0.1) is 5.92 Å². The molecule has 132 valence electrons. The van der Waals surface area contributed by atoms with Crippen LogP contribution in [0.1, 0.15) is 28.0 Å². The third kappa shape index (κ3) is 3.26. The minimum Gasteiger partial charge on any atom is -0.396 e. The normalized spacial score (nSPS) is 20.4. The molecule has 1 atom stereocenters. The van der Waals surface area contributed by atoms with Crippen LogP contribution in [-0.4, -0.2) is 58.7 Å². The number of aromatic nitrogens is 2. The highest BCUT2D eigenvalue weighted by Crippen LogP contribution is 2.28. The van der Waals surface area contributed by atoms with Crippen molar-refractivity contribution < 1.29 is 9.90 Å². The minimum absolute atomic E-state index is 0.102. The van der Waals surface area contributed by atoms with Gasteiger partial charge in [0.2, 0.25) is 0 Å². The highest BCUT2D eigenvalue weighted by atomic mass is 32.1. The zero-order valence-corrected chi connectivity index (χ0v) is 14.9. The Kier molecular flexibility index (Phi) is 4.67. The van der Waals surface area contributed by atoms with Crippen LogP contribution in [0.4, 0.5) is 5.82 Å². The van der Waals surface area contributed by atoms with Gasteiger partial charge in [0, 0.05) is 56.1 Å². The van der Waals surface area contributed by atoms with Gasteiger partial charge in [-0.05, 0) is 24.3 Å². The first-order chi connectivity index (χ1) is 12.3.